The van der Waals surface area contributed by atoms with Crippen molar-refractivity contribution in [1.82, 2.24) is 5.01 Å². The summed E-state index contributed by atoms with van der Waals surface area (Å²) in [7, 11) is 0. The molecule has 2 aromatic carbocycles. The second kappa shape index (κ2) is 7.00. The molecule has 4 rings (SSSR count). The maximum absolute atomic E-state index is 13.7. The molecular formula is C18H12F3N5O3. The topological polar surface area (TPSA) is 94.4 Å². The second-order valence-electron chi connectivity index (χ2n) is 6.33. The van der Waals surface area contributed by atoms with E-state index in [0.29, 0.717) is 4.90 Å². The Morgan fingerprint density at radius 2 is 1.76 bits per heavy atom. The van der Waals surface area contributed by atoms with Crippen molar-refractivity contribution in [2.24, 2.45) is 10.3 Å². The third-order valence-corrected chi connectivity index (χ3v) is 4.47. The van der Waals surface area contributed by atoms with Gasteiger partial charge < -0.3 is 5.32 Å². The molecule has 3 amide bonds. The van der Waals surface area contributed by atoms with Crippen LogP contribution in [0.25, 0.3) is 0 Å². The number of nitrogens with one attached hydrogen (secondary N) is 1. The van der Waals surface area contributed by atoms with E-state index in [-0.39, 0.29) is 11.4 Å². The average Bonchev–Trinajstić information content (AvgIpc) is 3.20. The molecule has 0 aliphatic carbocycles. The minimum atomic E-state index is -1.22. The van der Waals surface area contributed by atoms with Crippen LogP contribution in [0.15, 0.2) is 52.8 Å². The zero-order valence-corrected chi connectivity index (χ0v) is 14.6. The average molecular weight is 403 g/mol. The zero-order valence-electron chi connectivity index (χ0n) is 14.6. The Balaban J connectivity index is 1.51. The smallest absolute Gasteiger partial charge is 0.263 e. The summed E-state index contributed by atoms with van der Waals surface area (Å²) in [5.74, 6) is -5.22. The molecule has 8 nitrogen and oxygen atoms in total. The van der Waals surface area contributed by atoms with Crippen LogP contribution in [0.4, 0.5) is 24.5 Å². The molecule has 0 radical (unpaired) electrons. The van der Waals surface area contributed by atoms with E-state index in [1.165, 1.54) is 24.3 Å². The molecule has 2 aliphatic rings. The summed E-state index contributed by atoms with van der Waals surface area (Å²) in [6, 6.07) is 5.69. The molecule has 0 bridgehead atoms. The molecule has 0 aromatic heterocycles. The highest BCUT2D eigenvalue weighted by Crippen LogP contribution is 2.32. The molecule has 2 aliphatic heterocycles. The number of rotatable bonds is 4. The molecule has 2 aromatic rings. The maximum atomic E-state index is 13.7. The Morgan fingerprint density at radius 3 is 2.48 bits per heavy atom. The summed E-state index contributed by atoms with van der Waals surface area (Å²) in [5.41, 5.74) is -0.207. The van der Waals surface area contributed by atoms with Gasteiger partial charge in [0.1, 0.15) is 12.4 Å². The molecule has 29 heavy (non-hydrogen) atoms. The van der Waals surface area contributed by atoms with Gasteiger partial charge in [-0.3, -0.25) is 19.4 Å². The van der Waals surface area contributed by atoms with Gasteiger partial charge in [-0.15, -0.1) is 0 Å². The maximum Gasteiger partial charge on any atom is 0.263 e. The van der Waals surface area contributed by atoms with Crippen LogP contribution in [0.2, 0.25) is 0 Å². The van der Waals surface area contributed by atoms with Crippen LogP contribution >= 0.6 is 0 Å². The van der Waals surface area contributed by atoms with Crippen molar-refractivity contribution in [2.45, 2.75) is 12.1 Å². The van der Waals surface area contributed by atoms with Crippen LogP contribution in [0.1, 0.15) is 0 Å². The number of carbonyl (C=O) groups excluding carboxylic acids is 3. The number of halogens is 3. The minimum Gasteiger partial charge on any atom is -0.322 e. The number of imide groups is 1. The Morgan fingerprint density at radius 1 is 1.00 bits per heavy atom. The molecule has 0 saturated carbocycles. The molecule has 1 fully saturated rings. The quantitative estimate of drug-likeness (QED) is 0.791. The monoisotopic (exact) mass is 403 g/mol. The van der Waals surface area contributed by atoms with E-state index in [2.05, 4.69) is 15.7 Å². The Bertz CT molecular complexity index is 1060. The molecular weight excluding hydrogens is 391 g/mol. The third-order valence-electron chi connectivity index (χ3n) is 4.47. The van der Waals surface area contributed by atoms with Crippen LogP contribution < -0.4 is 10.2 Å². The fraction of sp³-hybridized carbons (Fsp3) is 0.167. The van der Waals surface area contributed by atoms with Gasteiger partial charge in [0.15, 0.2) is 23.7 Å². The molecule has 0 spiro atoms. The van der Waals surface area contributed by atoms with Crippen molar-refractivity contribution in [3.8, 4) is 0 Å². The zero-order chi connectivity index (χ0) is 20.7. The fourth-order valence-electron chi connectivity index (χ4n) is 3.13. The molecule has 2 heterocycles. The van der Waals surface area contributed by atoms with Crippen LogP contribution in [0.5, 0.6) is 0 Å². The van der Waals surface area contributed by atoms with Gasteiger partial charge in [-0.25, -0.2) is 18.1 Å². The fourth-order valence-corrected chi connectivity index (χ4v) is 3.13. The van der Waals surface area contributed by atoms with Crippen molar-refractivity contribution in [1.29, 1.82) is 0 Å². The van der Waals surface area contributed by atoms with Crippen LogP contribution in [0.3, 0.4) is 0 Å². The van der Waals surface area contributed by atoms with E-state index in [1.807, 2.05) is 0 Å². The lowest BCUT2D eigenvalue weighted by Gasteiger charge is -2.20. The Labute approximate surface area is 161 Å². The number of benzene rings is 2. The van der Waals surface area contributed by atoms with Gasteiger partial charge in [-0.05, 0) is 24.3 Å². The predicted molar refractivity (Wildman–Crippen MR) is 93.0 cm³/mol. The van der Waals surface area contributed by atoms with Crippen LogP contribution in [-0.4, -0.2) is 41.4 Å². The standard InChI is InChI=1S/C18H12F3N5O3/c19-10-6-5-9(7-12(10)21)26-17(28)15-16(18(26)29)25(24-23-15)8-14(27)22-13-4-2-1-3-11(13)20/h1-7,15-16H,8H2,(H,22,27)/t15-,16+/m0/s1. The van der Waals surface area contributed by atoms with E-state index in [1.54, 1.807) is 0 Å². The van der Waals surface area contributed by atoms with Crippen LogP contribution in [0, 0.1) is 17.5 Å². The number of hydrogen-bond donors (Lipinski definition) is 1. The summed E-state index contributed by atoms with van der Waals surface area (Å²) in [6.07, 6.45) is 0. The highest BCUT2D eigenvalue weighted by molar-refractivity contribution is 6.25. The summed E-state index contributed by atoms with van der Waals surface area (Å²) in [6.45, 7) is -0.469. The van der Waals surface area contributed by atoms with Gasteiger partial charge in [0.2, 0.25) is 5.91 Å². The van der Waals surface area contributed by atoms with Crippen molar-refractivity contribution in [3.05, 3.63) is 59.9 Å². The van der Waals surface area contributed by atoms with Gasteiger partial charge >= 0.3 is 0 Å². The van der Waals surface area contributed by atoms with E-state index >= 15 is 0 Å². The second-order valence-corrected chi connectivity index (χ2v) is 6.33. The summed E-state index contributed by atoms with van der Waals surface area (Å²) in [4.78, 5) is 38.1. The van der Waals surface area contributed by atoms with Crippen molar-refractivity contribution >= 4 is 29.1 Å². The molecule has 0 unspecified atom stereocenters. The lowest BCUT2D eigenvalue weighted by Crippen LogP contribution is -2.43. The number of anilines is 2. The normalized spacial score (nSPS) is 20.4. The van der Waals surface area contributed by atoms with E-state index in [0.717, 1.165) is 23.2 Å². The van der Waals surface area contributed by atoms with Crippen molar-refractivity contribution in [2.75, 3.05) is 16.8 Å². The molecule has 11 heteroatoms. The largest absolute Gasteiger partial charge is 0.322 e. The first-order valence-corrected chi connectivity index (χ1v) is 8.41. The van der Waals surface area contributed by atoms with Crippen molar-refractivity contribution in [3.63, 3.8) is 0 Å². The highest BCUT2D eigenvalue weighted by atomic mass is 19.2. The summed E-state index contributed by atoms with van der Waals surface area (Å²) < 4.78 is 40.3. The number of hydrogen-bond acceptors (Lipinski definition) is 6. The summed E-state index contributed by atoms with van der Waals surface area (Å²) in [5, 5.41) is 10.7. The van der Waals surface area contributed by atoms with E-state index in [9.17, 15) is 27.6 Å². The van der Waals surface area contributed by atoms with Gasteiger partial charge in [0.25, 0.3) is 11.8 Å². The Kier molecular flexibility index (Phi) is 4.49. The number of para-hydroxylation sites is 1. The highest BCUT2D eigenvalue weighted by Gasteiger charge is 2.55. The molecule has 1 N–H and O–H groups in total. The van der Waals surface area contributed by atoms with Gasteiger partial charge in [-0.2, -0.15) is 5.11 Å². The van der Waals surface area contributed by atoms with Crippen molar-refractivity contribution < 1.29 is 27.6 Å². The van der Waals surface area contributed by atoms with Gasteiger partial charge in [0.05, 0.1) is 11.4 Å². The number of amides is 3. The first-order chi connectivity index (χ1) is 13.9. The van der Waals surface area contributed by atoms with E-state index in [4.69, 9.17) is 0 Å². The van der Waals surface area contributed by atoms with Crippen LogP contribution in [-0.2, 0) is 14.4 Å². The lowest BCUT2D eigenvalue weighted by atomic mass is 10.1. The molecule has 1 saturated heterocycles. The number of fused-ring (bicyclic) bond motifs is 1. The third kappa shape index (κ3) is 3.20. The van der Waals surface area contributed by atoms with E-state index < -0.39 is 53.8 Å². The summed E-state index contributed by atoms with van der Waals surface area (Å²) >= 11 is 0. The molecule has 2 atom stereocenters. The van der Waals surface area contributed by atoms with Gasteiger partial charge in [-0.1, -0.05) is 17.4 Å². The lowest BCUT2D eigenvalue weighted by molar-refractivity contribution is -0.123. The first kappa shape index (κ1) is 18.6. The SMILES string of the molecule is O=C(CN1N=N[C@@H]2C(=O)N(c3ccc(F)c(F)c3)C(=O)[C@@H]21)Nc1ccccc1F. The first-order valence-electron chi connectivity index (χ1n) is 8.41. The van der Waals surface area contributed by atoms with Gasteiger partial charge in [0, 0.05) is 6.07 Å². The predicted octanol–water partition coefficient (Wildman–Crippen LogP) is 2.04. The molecule has 148 valence electrons. The number of nitrogens with zero attached hydrogens (tertiary/aromatic N) is 4. The number of carbonyl (C=O) groups is 3. The minimum absolute atomic E-state index is 0.0533. The Hall–Kier alpha value is -3.76.